The number of hydrogen-bond acceptors (Lipinski definition) is 3. The molecule has 1 heterocycles. The van der Waals surface area contributed by atoms with Gasteiger partial charge in [-0.05, 0) is 49.9 Å². The van der Waals surface area contributed by atoms with Gasteiger partial charge in [0, 0.05) is 19.0 Å². The zero-order valence-electron chi connectivity index (χ0n) is 11.3. The van der Waals surface area contributed by atoms with E-state index in [1.54, 1.807) is 12.1 Å². The van der Waals surface area contributed by atoms with Crippen LogP contribution in [0, 0.1) is 19.8 Å². The number of nitrogens with zero attached hydrogens (tertiary/aromatic N) is 1. The first-order chi connectivity index (χ1) is 8.95. The van der Waals surface area contributed by atoms with Gasteiger partial charge in [-0.2, -0.15) is 4.31 Å². The van der Waals surface area contributed by atoms with Crippen LogP contribution < -0.4 is 0 Å². The molecule has 0 bridgehead atoms. The fourth-order valence-corrected chi connectivity index (χ4v) is 3.83. The normalized spacial score (nSPS) is 18.4. The topological polar surface area (TPSA) is 54.5 Å². The number of piperidine rings is 1. The Morgan fingerprint density at radius 1 is 1.16 bits per heavy atom. The van der Waals surface area contributed by atoms with Crippen LogP contribution in [-0.4, -0.2) is 32.1 Å². The Hall–Kier alpha value is -1.20. The average molecular weight is 281 g/mol. The smallest absolute Gasteiger partial charge is 0.243 e. The summed E-state index contributed by atoms with van der Waals surface area (Å²) in [4.78, 5) is 11.0. The van der Waals surface area contributed by atoms with Gasteiger partial charge in [0.1, 0.15) is 6.29 Å². The van der Waals surface area contributed by atoms with Crippen LogP contribution in [0.5, 0.6) is 0 Å². The molecule has 1 aliphatic heterocycles. The van der Waals surface area contributed by atoms with Gasteiger partial charge in [-0.3, -0.25) is 0 Å². The maximum atomic E-state index is 12.5. The summed E-state index contributed by atoms with van der Waals surface area (Å²) in [6.45, 7) is 4.73. The molecule has 5 heteroatoms. The van der Waals surface area contributed by atoms with Crippen molar-refractivity contribution in [2.24, 2.45) is 5.92 Å². The van der Waals surface area contributed by atoms with Crippen molar-refractivity contribution >= 4 is 16.3 Å². The summed E-state index contributed by atoms with van der Waals surface area (Å²) in [7, 11) is -3.42. The molecular weight excluding hydrogens is 262 g/mol. The molecule has 104 valence electrons. The van der Waals surface area contributed by atoms with E-state index in [0.29, 0.717) is 30.8 Å². The van der Waals surface area contributed by atoms with Crippen molar-refractivity contribution in [3.05, 3.63) is 29.3 Å². The maximum absolute atomic E-state index is 12.5. The minimum Gasteiger partial charge on any atom is -0.303 e. The van der Waals surface area contributed by atoms with Crippen molar-refractivity contribution in [1.82, 2.24) is 4.31 Å². The van der Waals surface area contributed by atoms with Crippen molar-refractivity contribution < 1.29 is 13.2 Å². The SMILES string of the molecule is Cc1ccc(S(=O)(=O)N2CCC(C=O)CC2)cc1C. The highest BCUT2D eigenvalue weighted by Crippen LogP contribution is 2.24. The van der Waals surface area contributed by atoms with Crippen molar-refractivity contribution in [2.45, 2.75) is 31.6 Å². The lowest BCUT2D eigenvalue weighted by molar-refractivity contribution is -0.112. The third-order valence-electron chi connectivity index (χ3n) is 3.81. The maximum Gasteiger partial charge on any atom is 0.243 e. The largest absolute Gasteiger partial charge is 0.303 e. The van der Waals surface area contributed by atoms with Crippen LogP contribution in [0.2, 0.25) is 0 Å². The second-order valence-corrected chi connectivity index (χ2v) is 7.06. The summed E-state index contributed by atoms with van der Waals surface area (Å²) in [6, 6.07) is 5.21. The molecule has 0 spiro atoms. The minimum atomic E-state index is -3.42. The highest BCUT2D eigenvalue weighted by atomic mass is 32.2. The Kier molecular flexibility index (Phi) is 4.06. The van der Waals surface area contributed by atoms with E-state index in [1.807, 2.05) is 19.9 Å². The Balaban J connectivity index is 2.23. The zero-order valence-corrected chi connectivity index (χ0v) is 12.1. The summed E-state index contributed by atoms with van der Waals surface area (Å²) >= 11 is 0. The lowest BCUT2D eigenvalue weighted by Gasteiger charge is -2.28. The third kappa shape index (κ3) is 2.87. The Bertz CT molecular complexity index is 572. The van der Waals surface area contributed by atoms with Crippen LogP contribution >= 0.6 is 0 Å². The number of carbonyl (C=O) groups excluding carboxylic acids is 1. The quantitative estimate of drug-likeness (QED) is 0.795. The van der Waals surface area contributed by atoms with Gasteiger partial charge in [0.15, 0.2) is 0 Å². The van der Waals surface area contributed by atoms with Crippen molar-refractivity contribution in [2.75, 3.05) is 13.1 Å². The predicted octanol–water partition coefficient (Wildman–Crippen LogP) is 1.90. The van der Waals surface area contributed by atoms with E-state index in [1.165, 1.54) is 4.31 Å². The molecule has 1 aromatic carbocycles. The van der Waals surface area contributed by atoms with Crippen LogP contribution in [0.3, 0.4) is 0 Å². The van der Waals surface area contributed by atoms with E-state index >= 15 is 0 Å². The summed E-state index contributed by atoms with van der Waals surface area (Å²) < 4.78 is 26.4. The standard InChI is InChI=1S/C14H19NO3S/c1-11-3-4-14(9-12(11)2)19(17,18)15-7-5-13(10-16)6-8-15/h3-4,9-10,13H,5-8H2,1-2H3. The van der Waals surface area contributed by atoms with Crippen LogP contribution in [0.4, 0.5) is 0 Å². The van der Waals surface area contributed by atoms with Crippen LogP contribution in [-0.2, 0) is 14.8 Å². The second kappa shape index (κ2) is 5.43. The molecule has 0 aliphatic carbocycles. The monoisotopic (exact) mass is 281 g/mol. The number of carbonyl (C=O) groups is 1. The molecular formula is C14H19NO3S. The number of aryl methyl sites for hydroxylation is 2. The van der Waals surface area contributed by atoms with Gasteiger partial charge in [-0.15, -0.1) is 0 Å². The van der Waals surface area contributed by atoms with E-state index in [9.17, 15) is 13.2 Å². The number of aldehydes is 1. The molecule has 1 fully saturated rings. The van der Waals surface area contributed by atoms with Crippen molar-refractivity contribution in [1.29, 1.82) is 0 Å². The molecule has 0 amide bonds. The number of benzene rings is 1. The van der Waals surface area contributed by atoms with Crippen LogP contribution in [0.1, 0.15) is 24.0 Å². The van der Waals surface area contributed by atoms with E-state index in [0.717, 1.165) is 17.4 Å². The summed E-state index contributed by atoms with van der Waals surface area (Å²) in [5.74, 6) is 0.00574. The van der Waals surface area contributed by atoms with Crippen molar-refractivity contribution in [3.8, 4) is 0 Å². The highest BCUT2D eigenvalue weighted by Gasteiger charge is 2.29. The average Bonchev–Trinajstić information content (AvgIpc) is 2.41. The Morgan fingerprint density at radius 3 is 2.32 bits per heavy atom. The van der Waals surface area contributed by atoms with Gasteiger partial charge in [-0.25, -0.2) is 8.42 Å². The number of sulfonamides is 1. The number of hydrogen-bond donors (Lipinski definition) is 0. The molecule has 0 saturated carbocycles. The molecule has 0 N–H and O–H groups in total. The lowest BCUT2D eigenvalue weighted by Crippen LogP contribution is -2.38. The molecule has 4 nitrogen and oxygen atoms in total. The van der Waals surface area contributed by atoms with E-state index in [4.69, 9.17) is 0 Å². The summed E-state index contributed by atoms with van der Waals surface area (Å²) in [5, 5.41) is 0. The highest BCUT2D eigenvalue weighted by molar-refractivity contribution is 7.89. The lowest BCUT2D eigenvalue weighted by atomic mass is 10.0. The van der Waals surface area contributed by atoms with E-state index in [2.05, 4.69) is 0 Å². The first-order valence-electron chi connectivity index (χ1n) is 6.48. The van der Waals surface area contributed by atoms with Crippen LogP contribution in [0.25, 0.3) is 0 Å². The molecule has 0 atom stereocenters. The van der Waals surface area contributed by atoms with Crippen molar-refractivity contribution in [3.63, 3.8) is 0 Å². The predicted molar refractivity (Wildman–Crippen MR) is 73.5 cm³/mol. The van der Waals surface area contributed by atoms with Gasteiger partial charge >= 0.3 is 0 Å². The molecule has 0 aromatic heterocycles. The zero-order chi connectivity index (χ0) is 14.0. The fourth-order valence-electron chi connectivity index (χ4n) is 2.28. The number of rotatable bonds is 3. The second-order valence-electron chi connectivity index (χ2n) is 5.12. The molecule has 2 rings (SSSR count). The summed E-state index contributed by atoms with van der Waals surface area (Å²) in [5.41, 5.74) is 2.06. The van der Waals surface area contributed by atoms with Gasteiger partial charge in [0.25, 0.3) is 0 Å². The van der Waals surface area contributed by atoms with Gasteiger partial charge in [0.05, 0.1) is 4.90 Å². The minimum absolute atomic E-state index is 0.00574. The Morgan fingerprint density at radius 2 is 1.79 bits per heavy atom. The van der Waals surface area contributed by atoms with Gasteiger partial charge < -0.3 is 4.79 Å². The first-order valence-corrected chi connectivity index (χ1v) is 7.92. The van der Waals surface area contributed by atoms with Gasteiger partial charge in [0.2, 0.25) is 10.0 Å². The molecule has 1 saturated heterocycles. The van der Waals surface area contributed by atoms with E-state index < -0.39 is 10.0 Å². The molecule has 19 heavy (non-hydrogen) atoms. The molecule has 0 unspecified atom stereocenters. The molecule has 1 aromatic rings. The Labute approximate surface area is 114 Å². The third-order valence-corrected chi connectivity index (χ3v) is 5.70. The van der Waals surface area contributed by atoms with Gasteiger partial charge in [-0.1, -0.05) is 6.07 Å². The molecule has 1 aliphatic rings. The molecule has 0 radical (unpaired) electrons. The first kappa shape index (κ1) is 14.2. The summed E-state index contributed by atoms with van der Waals surface area (Å²) in [6.07, 6.45) is 2.17. The van der Waals surface area contributed by atoms with Crippen LogP contribution in [0.15, 0.2) is 23.1 Å². The van der Waals surface area contributed by atoms with E-state index in [-0.39, 0.29) is 5.92 Å². The fraction of sp³-hybridized carbons (Fsp3) is 0.500.